The van der Waals surface area contributed by atoms with Gasteiger partial charge in [-0.1, -0.05) is 29.4 Å². The molecule has 0 saturated carbocycles. The van der Waals surface area contributed by atoms with E-state index in [1.807, 2.05) is 6.26 Å². The average molecular weight is 305 g/mol. The van der Waals surface area contributed by atoms with E-state index < -0.39 is 0 Å². The fourth-order valence-corrected chi connectivity index (χ4v) is 2.77. The van der Waals surface area contributed by atoms with Crippen molar-refractivity contribution in [1.82, 2.24) is 10.2 Å². The van der Waals surface area contributed by atoms with Gasteiger partial charge in [-0.2, -0.15) is 11.8 Å². The average Bonchev–Trinajstić information content (AvgIpc) is 2.77. The van der Waals surface area contributed by atoms with E-state index in [2.05, 4.69) is 10.2 Å². The molecule has 0 atom stereocenters. The van der Waals surface area contributed by atoms with Gasteiger partial charge in [0.25, 0.3) is 5.22 Å². The molecule has 0 aliphatic rings. The molecular weight excluding hydrogens is 295 g/mol. The van der Waals surface area contributed by atoms with E-state index in [9.17, 15) is 4.39 Å². The summed E-state index contributed by atoms with van der Waals surface area (Å²) in [7, 11) is 0. The molecule has 0 aliphatic carbocycles. The van der Waals surface area contributed by atoms with Gasteiger partial charge in [0.05, 0.1) is 5.75 Å². The van der Waals surface area contributed by atoms with Crippen LogP contribution in [0.25, 0.3) is 0 Å². The Morgan fingerprint density at radius 3 is 2.89 bits per heavy atom. The van der Waals surface area contributed by atoms with E-state index in [4.69, 9.17) is 16.0 Å². The molecule has 3 nitrogen and oxygen atoms in total. The van der Waals surface area contributed by atoms with E-state index in [1.165, 1.54) is 17.8 Å². The van der Waals surface area contributed by atoms with E-state index >= 15 is 0 Å². The Morgan fingerprint density at radius 2 is 2.17 bits per heavy atom. The lowest BCUT2D eigenvalue weighted by Crippen LogP contribution is -1.88. The van der Waals surface area contributed by atoms with Gasteiger partial charge >= 0.3 is 0 Å². The molecule has 2 rings (SSSR count). The molecule has 0 aliphatic heterocycles. The Kier molecular flexibility index (Phi) is 4.91. The molecule has 1 aromatic heterocycles. The molecule has 1 aromatic carbocycles. The van der Waals surface area contributed by atoms with Gasteiger partial charge in [-0.05, 0) is 18.4 Å². The van der Waals surface area contributed by atoms with Crippen molar-refractivity contribution < 1.29 is 8.81 Å². The molecule has 1 heterocycles. The molecule has 2 aromatic rings. The van der Waals surface area contributed by atoms with Crippen molar-refractivity contribution in [2.75, 3.05) is 6.26 Å². The number of hydrogen-bond donors (Lipinski definition) is 0. The quantitative estimate of drug-likeness (QED) is 0.780. The fourth-order valence-electron chi connectivity index (χ4n) is 1.28. The van der Waals surface area contributed by atoms with Gasteiger partial charge in [0.2, 0.25) is 5.89 Å². The SMILES string of the molecule is CSCc1nnc(SCc2c(F)cccc2Cl)o1. The summed E-state index contributed by atoms with van der Waals surface area (Å²) in [5, 5.41) is 8.59. The Hall–Kier alpha value is -0.720. The minimum absolute atomic E-state index is 0.321. The third kappa shape index (κ3) is 3.40. The van der Waals surface area contributed by atoms with Crippen molar-refractivity contribution in [3.63, 3.8) is 0 Å². The first-order valence-corrected chi connectivity index (χ1v) is 7.83. The van der Waals surface area contributed by atoms with Crippen molar-refractivity contribution in [3.8, 4) is 0 Å². The fraction of sp³-hybridized carbons (Fsp3) is 0.273. The molecule has 7 heteroatoms. The second-order valence-electron chi connectivity index (χ2n) is 3.38. The van der Waals surface area contributed by atoms with Crippen LogP contribution in [0.4, 0.5) is 4.39 Å². The maximum absolute atomic E-state index is 13.5. The lowest BCUT2D eigenvalue weighted by atomic mass is 10.2. The van der Waals surface area contributed by atoms with Crippen LogP contribution in [0.3, 0.4) is 0 Å². The van der Waals surface area contributed by atoms with Crippen molar-refractivity contribution in [1.29, 1.82) is 0 Å². The zero-order valence-electron chi connectivity index (χ0n) is 9.52. The number of rotatable bonds is 5. The number of benzene rings is 1. The largest absolute Gasteiger partial charge is 0.415 e. The molecular formula is C11H10ClFN2OS2. The van der Waals surface area contributed by atoms with Crippen LogP contribution in [0.5, 0.6) is 0 Å². The second kappa shape index (κ2) is 6.45. The van der Waals surface area contributed by atoms with Gasteiger partial charge in [0, 0.05) is 16.3 Å². The molecule has 96 valence electrons. The first kappa shape index (κ1) is 13.7. The number of hydrogen-bond acceptors (Lipinski definition) is 5. The molecule has 0 amide bonds. The third-order valence-electron chi connectivity index (χ3n) is 2.12. The highest BCUT2D eigenvalue weighted by Gasteiger charge is 2.11. The molecule has 18 heavy (non-hydrogen) atoms. The smallest absolute Gasteiger partial charge is 0.276 e. The molecule has 0 unspecified atom stereocenters. The van der Waals surface area contributed by atoms with Crippen molar-refractivity contribution in [2.24, 2.45) is 0 Å². The lowest BCUT2D eigenvalue weighted by molar-refractivity contribution is 0.426. The zero-order chi connectivity index (χ0) is 13.0. The Morgan fingerprint density at radius 1 is 1.33 bits per heavy atom. The van der Waals surface area contributed by atoms with Crippen molar-refractivity contribution in [3.05, 3.63) is 40.5 Å². The number of halogens is 2. The minimum Gasteiger partial charge on any atom is -0.415 e. The third-order valence-corrected chi connectivity index (χ3v) is 3.85. The normalized spacial score (nSPS) is 10.8. The van der Waals surface area contributed by atoms with Gasteiger partial charge in [-0.25, -0.2) is 4.39 Å². The standard InChI is InChI=1S/C11H10ClFN2OS2/c1-17-6-10-14-15-11(16-10)18-5-7-8(12)3-2-4-9(7)13/h2-4H,5-6H2,1H3. The monoisotopic (exact) mass is 304 g/mol. The van der Waals surface area contributed by atoms with Crippen molar-refractivity contribution in [2.45, 2.75) is 16.7 Å². The Balaban J connectivity index is 2.02. The molecule has 0 saturated heterocycles. The summed E-state index contributed by atoms with van der Waals surface area (Å²) in [5.74, 6) is 1.30. The highest BCUT2D eigenvalue weighted by atomic mass is 35.5. The summed E-state index contributed by atoms with van der Waals surface area (Å²) in [6.45, 7) is 0. The van der Waals surface area contributed by atoms with E-state index in [0.717, 1.165) is 0 Å². The molecule has 0 spiro atoms. The van der Waals surface area contributed by atoms with Crippen LogP contribution in [0.2, 0.25) is 5.02 Å². The highest BCUT2D eigenvalue weighted by molar-refractivity contribution is 7.98. The zero-order valence-corrected chi connectivity index (χ0v) is 11.9. The molecule has 0 radical (unpaired) electrons. The predicted molar refractivity (Wildman–Crippen MR) is 72.5 cm³/mol. The maximum atomic E-state index is 13.5. The second-order valence-corrected chi connectivity index (χ2v) is 5.58. The van der Waals surface area contributed by atoms with Crippen LogP contribution in [0.1, 0.15) is 11.5 Å². The minimum atomic E-state index is -0.321. The van der Waals surface area contributed by atoms with Crippen molar-refractivity contribution >= 4 is 35.1 Å². The van der Waals surface area contributed by atoms with E-state index in [-0.39, 0.29) is 5.82 Å². The van der Waals surface area contributed by atoms with Crippen LogP contribution in [0.15, 0.2) is 27.8 Å². The lowest BCUT2D eigenvalue weighted by Gasteiger charge is -2.02. The molecule has 0 N–H and O–H groups in total. The first-order valence-electron chi connectivity index (χ1n) is 5.07. The van der Waals surface area contributed by atoms with Crippen LogP contribution in [-0.4, -0.2) is 16.5 Å². The summed E-state index contributed by atoms with van der Waals surface area (Å²) in [5.41, 5.74) is 0.453. The summed E-state index contributed by atoms with van der Waals surface area (Å²) in [4.78, 5) is 0. The number of aromatic nitrogens is 2. The summed E-state index contributed by atoms with van der Waals surface area (Å²) >= 11 is 8.80. The van der Waals surface area contributed by atoms with E-state index in [0.29, 0.717) is 33.2 Å². The first-order chi connectivity index (χ1) is 8.70. The Labute approximate surface area is 118 Å². The highest BCUT2D eigenvalue weighted by Crippen LogP contribution is 2.28. The molecule has 0 bridgehead atoms. The number of nitrogens with zero attached hydrogens (tertiary/aromatic N) is 2. The Bertz CT molecular complexity index is 515. The topological polar surface area (TPSA) is 38.9 Å². The van der Waals surface area contributed by atoms with E-state index in [1.54, 1.807) is 23.9 Å². The van der Waals surface area contributed by atoms with Crippen LogP contribution in [0, 0.1) is 5.82 Å². The van der Waals surface area contributed by atoms with Crippen LogP contribution >= 0.6 is 35.1 Å². The van der Waals surface area contributed by atoms with Gasteiger partial charge in [0.1, 0.15) is 5.82 Å². The van der Waals surface area contributed by atoms with Crippen LogP contribution in [-0.2, 0) is 11.5 Å². The van der Waals surface area contributed by atoms with Gasteiger partial charge in [-0.3, -0.25) is 0 Å². The number of thioether (sulfide) groups is 2. The van der Waals surface area contributed by atoms with Gasteiger partial charge < -0.3 is 4.42 Å². The molecule has 0 fully saturated rings. The maximum Gasteiger partial charge on any atom is 0.276 e. The van der Waals surface area contributed by atoms with Crippen LogP contribution < -0.4 is 0 Å². The summed E-state index contributed by atoms with van der Waals surface area (Å²) in [6.07, 6.45) is 1.95. The van der Waals surface area contributed by atoms with Gasteiger partial charge in [-0.15, -0.1) is 10.2 Å². The summed E-state index contributed by atoms with van der Waals surface area (Å²) in [6, 6.07) is 4.62. The predicted octanol–water partition coefficient (Wildman–Crippen LogP) is 4.02. The van der Waals surface area contributed by atoms with Gasteiger partial charge in [0.15, 0.2) is 0 Å². The summed E-state index contributed by atoms with van der Waals surface area (Å²) < 4.78 is 18.9.